The van der Waals surface area contributed by atoms with Gasteiger partial charge in [0.25, 0.3) is 0 Å². The van der Waals surface area contributed by atoms with E-state index < -0.39 is 0 Å². The molecule has 1 aromatic heterocycles. The van der Waals surface area contributed by atoms with Crippen LogP contribution in [0, 0.1) is 5.92 Å². The van der Waals surface area contributed by atoms with Crippen LogP contribution in [0.15, 0.2) is 24.3 Å². The molecule has 26 heavy (non-hydrogen) atoms. The molecule has 0 aliphatic heterocycles. The second-order valence-electron chi connectivity index (χ2n) is 7.95. The Bertz CT molecular complexity index is 731. The van der Waals surface area contributed by atoms with Crippen molar-refractivity contribution in [3.05, 3.63) is 46.2 Å². The third kappa shape index (κ3) is 3.57. The van der Waals surface area contributed by atoms with Gasteiger partial charge in [0.1, 0.15) is 0 Å². The van der Waals surface area contributed by atoms with Crippen molar-refractivity contribution in [2.75, 3.05) is 6.61 Å². The van der Waals surface area contributed by atoms with E-state index >= 15 is 0 Å². The van der Waals surface area contributed by atoms with Crippen LogP contribution in [0.5, 0.6) is 0 Å². The monoisotopic (exact) mass is 372 g/mol. The molecule has 0 spiro atoms. The first kappa shape index (κ1) is 18.1. The normalized spacial score (nSPS) is 19.8. The Balaban J connectivity index is 1.81. The fourth-order valence-electron chi connectivity index (χ4n) is 4.91. The molecule has 1 aromatic carbocycles. The fraction of sp³-hybridized carbons (Fsp3) is 0.591. The molecule has 140 valence electrons. The molecule has 0 saturated heterocycles. The number of aryl methyl sites for hydroxylation is 1. The number of rotatable bonds is 4. The molecule has 0 bridgehead atoms. The molecule has 1 heterocycles. The van der Waals surface area contributed by atoms with E-state index in [0.717, 1.165) is 23.6 Å². The summed E-state index contributed by atoms with van der Waals surface area (Å²) in [5.74, 6) is 0.768. The van der Waals surface area contributed by atoms with Gasteiger partial charge in [-0.15, -0.1) is 0 Å². The second-order valence-corrected chi connectivity index (χ2v) is 8.38. The zero-order valence-corrected chi connectivity index (χ0v) is 16.2. The van der Waals surface area contributed by atoms with Crippen molar-refractivity contribution in [2.24, 2.45) is 5.92 Å². The minimum atomic E-state index is 0.195. The van der Waals surface area contributed by atoms with Crippen molar-refractivity contribution in [3.63, 3.8) is 0 Å². The van der Waals surface area contributed by atoms with E-state index in [0.29, 0.717) is 5.92 Å². The molecule has 1 N–H and O–H groups in total. The highest BCUT2D eigenvalue weighted by Crippen LogP contribution is 2.40. The predicted octanol–water partition coefficient (Wildman–Crippen LogP) is 5.45. The number of hydrogen-bond donors (Lipinski definition) is 1. The molecule has 0 radical (unpaired) electrons. The maximum Gasteiger partial charge on any atom is 0.0664 e. The number of hydrogen-bond acceptors (Lipinski definition) is 2. The molecule has 1 unspecified atom stereocenters. The second kappa shape index (κ2) is 8.14. The van der Waals surface area contributed by atoms with Gasteiger partial charge in [-0.2, -0.15) is 5.10 Å². The highest BCUT2D eigenvalue weighted by molar-refractivity contribution is 6.30. The van der Waals surface area contributed by atoms with Crippen molar-refractivity contribution in [1.29, 1.82) is 0 Å². The van der Waals surface area contributed by atoms with Crippen LogP contribution < -0.4 is 0 Å². The van der Waals surface area contributed by atoms with Crippen LogP contribution >= 0.6 is 11.6 Å². The quantitative estimate of drug-likeness (QED) is 0.724. The number of aliphatic hydroxyl groups excluding tert-OH is 1. The number of aromatic nitrogens is 2. The first-order valence-corrected chi connectivity index (χ1v) is 10.6. The number of aliphatic hydroxyl groups is 1. The Morgan fingerprint density at radius 2 is 1.69 bits per heavy atom. The average molecular weight is 373 g/mol. The van der Waals surface area contributed by atoms with Crippen molar-refractivity contribution >= 4 is 11.6 Å². The minimum Gasteiger partial charge on any atom is -0.396 e. The summed E-state index contributed by atoms with van der Waals surface area (Å²) < 4.78 is 2.13. The number of benzene rings is 1. The lowest BCUT2D eigenvalue weighted by molar-refractivity contribution is 0.191. The van der Waals surface area contributed by atoms with Crippen molar-refractivity contribution in [2.45, 2.75) is 70.1 Å². The third-order valence-corrected chi connectivity index (χ3v) is 6.54. The number of fused-ring (bicyclic) bond motifs is 1. The summed E-state index contributed by atoms with van der Waals surface area (Å²) >= 11 is 6.10. The van der Waals surface area contributed by atoms with Gasteiger partial charge in [-0.1, -0.05) is 37.3 Å². The molecule has 0 amide bonds. The van der Waals surface area contributed by atoms with Gasteiger partial charge in [0, 0.05) is 10.9 Å². The van der Waals surface area contributed by atoms with Gasteiger partial charge in [-0.25, -0.2) is 4.68 Å². The zero-order chi connectivity index (χ0) is 17.9. The molecular weight excluding hydrogens is 344 g/mol. The lowest BCUT2D eigenvalue weighted by Gasteiger charge is -2.30. The maximum absolute atomic E-state index is 10.4. The van der Waals surface area contributed by atoms with E-state index in [4.69, 9.17) is 16.7 Å². The molecule has 4 rings (SSSR count). The predicted molar refractivity (Wildman–Crippen MR) is 106 cm³/mol. The summed E-state index contributed by atoms with van der Waals surface area (Å²) in [6.45, 7) is 0.219. The van der Waals surface area contributed by atoms with Gasteiger partial charge in [0.15, 0.2) is 0 Å². The van der Waals surface area contributed by atoms with E-state index in [1.54, 1.807) is 0 Å². The van der Waals surface area contributed by atoms with Crippen LogP contribution in [-0.4, -0.2) is 21.5 Å². The SMILES string of the molecule is OCC(c1c2c(nn1-c1ccc(Cl)cc1)CCCCC2)C1CCCCC1. The van der Waals surface area contributed by atoms with Crippen LogP contribution in [0.25, 0.3) is 5.69 Å². The summed E-state index contributed by atoms with van der Waals surface area (Å²) in [6.07, 6.45) is 12.3. The molecular formula is C22H29ClN2O. The molecule has 3 nitrogen and oxygen atoms in total. The van der Waals surface area contributed by atoms with Crippen molar-refractivity contribution in [1.82, 2.24) is 9.78 Å². The molecule has 1 atom stereocenters. The Kier molecular flexibility index (Phi) is 5.66. The van der Waals surface area contributed by atoms with Crippen LogP contribution in [0.4, 0.5) is 0 Å². The summed E-state index contributed by atoms with van der Waals surface area (Å²) in [5, 5.41) is 16.2. The Morgan fingerprint density at radius 1 is 1.00 bits per heavy atom. The summed E-state index contributed by atoms with van der Waals surface area (Å²) in [6, 6.07) is 7.96. The van der Waals surface area contributed by atoms with E-state index in [2.05, 4.69) is 4.68 Å². The Hall–Kier alpha value is -1.32. The number of halogens is 1. The molecule has 2 aliphatic rings. The highest BCUT2D eigenvalue weighted by atomic mass is 35.5. The summed E-state index contributed by atoms with van der Waals surface area (Å²) in [7, 11) is 0. The van der Waals surface area contributed by atoms with Crippen molar-refractivity contribution < 1.29 is 5.11 Å². The minimum absolute atomic E-state index is 0.195. The van der Waals surface area contributed by atoms with E-state index in [-0.39, 0.29) is 12.5 Å². The first-order chi connectivity index (χ1) is 12.8. The van der Waals surface area contributed by atoms with Crippen molar-refractivity contribution in [3.8, 4) is 5.69 Å². The number of nitrogens with zero attached hydrogens (tertiary/aromatic N) is 2. The highest BCUT2D eigenvalue weighted by Gasteiger charge is 2.32. The van der Waals surface area contributed by atoms with E-state index in [9.17, 15) is 5.11 Å². The van der Waals surface area contributed by atoms with Gasteiger partial charge in [0.05, 0.1) is 23.7 Å². The summed E-state index contributed by atoms with van der Waals surface area (Å²) in [5.41, 5.74) is 5.01. The van der Waals surface area contributed by atoms with Gasteiger partial charge in [-0.3, -0.25) is 0 Å². The Labute approximate surface area is 161 Å². The molecule has 1 fully saturated rings. The molecule has 4 heteroatoms. The van der Waals surface area contributed by atoms with Crippen LogP contribution in [-0.2, 0) is 12.8 Å². The smallest absolute Gasteiger partial charge is 0.0664 e. The molecule has 1 saturated carbocycles. The van der Waals surface area contributed by atoms with Crippen LogP contribution in [0.3, 0.4) is 0 Å². The fourth-order valence-corrected chi connectivity index (χ4v) is 5.04. The van der Waals surface area contributed by atoms with E-state index in [1.165, 1.54) is 68.3 Å². The molecule has 2 aliphatic carbocycles. The largest absolute Gasteiger partial charge is 0.396 e. The zero-order valence-electron chi connectivity index (χ0n) is 15.5. The maximum atomic E-state index is 10.4. The van der Waals surface area contributed by atoms with Gasteiger partial charge in [0.2, 0.25) is 0 Å². The standard InChI is InChI=1S/C22H29ClN2O/c23-17-11-13-18(14-12-17)25-22(19-9-5-2-6-10-21(19)24-25)20(15-26)16-7-3-1-4-8-16/h11-14,16,20,26H,1-10,15H2. The van der Waals surface area contributed by atoms with Crippen LogP contribution in [0.1, 0.15) is 74.2 Å². The lowest BCUT2D eigenvalue weighted by atomic mass is 9.77. The average Bonchev–Trinajstić information content (AvgIpc) is 2.87. The van der Waals surface area contributed by atoms with Gasteiger partial charge >= 0.3 is 0 Å². The van der Waals surface area contributed by atoms with Gasteiger partial charge < -0.3 is 5.11 Å². The summed E-state index contributed by atoms with van der Waals surface area (Å²) in [4.78, 5) is 0. The molecule has 2 aromatic rings. The lowest BCUT2D eigenvalue weighted by Crippen LogP contribution is -2.23. The van der Waals surface area contributed by atoms with Crippen LogP contribution in [0.2, 0.25) is 5.02 Å². The van der Waals surface area contributed by atoms with E-state index in [1.807, 2.05) is 24.3 Å². The Morgan fingerprint density at radius 3 is 2.42 bits per heavy atom. The topological polar surface area (TPSA) is 38.1 Å². The first-order valence-electron chi connectivity index (χ1n) is 10.3. The van der Waals surface area contributed by atoms with Gasteiger partial charge in [-0.05, 0) is 74.3 Å². The third-order valence-electron chi connectivity index (χ3n) is 6.28.